The number of thiophene rings is 1. The van der Waals surface area contributed by atoms with Gasteiger partial charge < -0.3 is 14.7 Å². The Morgan fingerprint density at radius 1 is 1.48 bits per heavy atom. The van der Waals surface area contributed by atoms with Gasteiger partial charge >= 0.3 is 0 Å². The summed E-state index contributed by atoms with van der Waals surface area (Å²) >= 11 is 1.51. The van der Waals surface area contributed by atoms with Crippen LogP contribution in [0.4, 0.5) is 0 Å². The van der Waals surface area contributed by atoms with E-state index < -0.39 is 0 Å². The number of aliphatic hydroxyl groups excluding tert-OH is 1. The predicted octanol–water partition coefficient (Wildman–Crippen LogP) is 2.72. The Bertz CT molecular complexity index is 698. The molecule has 0 aliphatic carbocycles. The number of aliphatic hydroxyl groups is 1. The number of hydrogen-bond donors (Lipinski definition) is 1. The Hall–Kier alpha value is -2.11. The normalized spacial score (nSPS) is 16.3. The summed E-state index contributed by atoms with van der Waals surface area (Å²) in [5, 5.41) is 10.9. The van der Waals surface area contributed by atoms with Crippen molar-refractivity contribution in [2.75, 3.05) is 13.6 Å². The van der Waals surface area contributed by atoms with E-state index in [1.54, 1.807) is 24.1 Å². The molecule has 1 amide bonds. The fourth-order valence-electron chi connectivity index (χ4n) is 2.60. The van der Waals surface area contributed by atoms with Gasteiger partial charge in [-0.25, -0.2) is 0 Å². The van der Waals surface area contributed by atoms with Gasteiger partial charge in [-0.1, -0.05) is 18.2 Å². The SMILES string of the molecule is CN(CC1Cc2ccccc2O1)C(=O)C=Cc1cc(CO)cs1. The Kier molecular flexibility index (Phi) is 4.79. The molecule has 0 spiro atoms. The standard InChI is InChI=1S/C18H19NO3S/c1-19(10-15-9-14-4-2-3-5-17(14)22-15)18(21)7-6-16-8-13(11-20)12-23-16/h2-8,12,15,20H,9-11H2,1H3. The van der Waals surface area contributed by atoms with Gasteiger partial charge in [-0.15, -0.1) is 11.3 Å². The Labute approximate surface area is 139 Å². The van der Waals surface area contributed by atoms with Crippen LogP contribution in [0.5, 0.6) is 5.75 Å². The van der Waals surface area contributed by atoms with Gasteiger partial charge in [0.15, 0.2) is 0 Å². The third-order valence-corrected chi connectivity index (χ3v) is 4.76. The summed E-state index contributed by atoms with van der Waals surface area (Å²) in [4.78, 5) is 14.8. The first kappa shape index (κ1) is 15.8. The molecular weight excluding hydrogens is 310 g/mol. The van der Waals surface area contributed by atoms with Crippen LogP contribution < -0.4 is 4.74 Å². The lowest BCUT2D eigenvalue weighted by molar-refractivity contribution is -0.125. The van der Waals surface area contributed by atoms with Crippen LogP contribution in [-0.2, 0) is 17.8 Å². The van der Waals surface area contributed by atoms with Crippen LogP contribution in [0.1, 0.15) is 16.0 Å². The lowest BCUT2D eigenvalue weighted by atomic mass is 10.1. The molecular formula is C18H19NO3S. The summed E-state index contributed by atoms with van der Waals surface area (Å²) in [5.41, 5.74) is 2.07. The molecule has 1 aromatic carbocycles. The van der Waals surface area contributed by atoms with Crippen molar-refractivity contribution in [3.8, 4) is 5.75 Å². The zero-order chi connectivity index (χ0) is 16.2. The van der Waals surface area contributed by atoms with Crippen LogP contribution in [0.2, 0.25) is 0 Å². The van der Waals surface area contributed by atoms with Gasteiger partial charge in [0.1, 0.15) is 11.9 Å². The highest BCUT2D eigenvalue weighted by molar-refractivity contribution is 7.11. The van der Waals surface area contributed by atoms with Crippen molar-refractivity contribution in [3.63, 3.8) is 0 Å². The maximum Gasteiger partial charge on any atom is 0.246 e. The Morgan fingerprint density at radius 3 is 3.04 bits per heavy atom. The topological polar surface area (TPSA) is 49.8 Å². The molecule has 0 saturated carbocycles. The number of carbonyl (C=O) groups is 1. The molecule has 0 saturated heterocycles. The van der Waals surface area contributed by atoms with E-state index in [2.05, 4.69) is 6.07 Å². The third kappa shape index (κ3) is 3.81. The van der Waals surface area contributed by atoms with E-state index >= 15 is 0 Å². The van der Waals surface area contributed by atoms with Gasteiger partial charge in [0, 0.05) is 24.4 Å². The molecule has 0 radical (unpaired) electrons. The first-order valence-electron chi connectivity index (χ1n) is 7.51. The van der Waals surface area contributed by atoms with Gasteiger partial charge in [0.05, 0.1) is 13.2 Å². The number of rotatable bonds is 5. The maximum atomic E-state index is 12.2. The molecule has 5 heteroatoms. The molecule has 1 aromatic heterocycles. The lowest BCUT2D eigenvalue weighted by Gasteiger charge is -2.19. The van der Waals surface area contributed by atoms with Crippen molar-refractivity contribution in [1.82, 2.24) is 4.90 Å². The molecule has 0 fully saturated rings. The number of carbonyl (C=O) groups excluding carboxylic acids is 1. The number of para-hydroxylation sites is 1. The minimum absolute atomic E-state index is 0.0116. The monoisotopic (exact) mass is 329 g/mol. The minimum atomic E-state index is -0.0523. The van der Waals surface area contributed by atoms with E-state index in [0.29, 0.717) is 6.54 Å². The van der Waals surface area contributed by atoms with Gasteiger partial charge in [0.2, 0.25) is 5.91 Å². The molecule has 1 atom stereocenters. The lowest BCUT2D eigenvalue weighted by Crippen LogP contribution is -2.35. The second kappa shape index (κ2) is 6.98. The summed E-state index contributed by atoms with van der Waals surface area (Å²) in [6.45, 7) is 0.585. The number of benzene rings is 1. The van der Waals surface area contributed by atoms with Crippen LogP contribution in [0, 0.1) is 0 Å². The van der Waals surface area contributed by atoms with E-state index in [-0.39, 0.29) is 18.6 Å². The van der Waals surface area contributed by atoms with E-state index in [4.69, 9.17) is 9.84 Å². The number of amides is 1. The second-order valence-corrected chi connectivity index (χ2v) is 6.56. The molecule has 2 heterocycles. The molecule has 0 bridgehead atoms. The highest BCUT2D eigenvalue weighted by Crippen LogP contribution is 2.28. The zero-order valence-corrected chi connectivity index (χ0v) is 13.8. The molecule has 3 rings (SSSR count). The van der Waals surface area contributed by atoms with Crippen LogP contribution in [0.15, 0.2) is 41.8 Å². The van der Waals surface area contributed by atoms with Crippen molar-refractivity contribution >= 4 is 23.3 Å². The molecule has 1 N–H and O–H groups in total. The summed E-state index contributed by atoms with van der Waals surface area (Å²) in [6.07, 6.45) is 4.20. The van der Waals surface area contributed by atoms with Crippen molar-refractivity contribution in [2.45, 2.75) is 19.1 Å². The van der Waals surface area contributed by atoms with E-state index in [1.165, 1.54) is 16.9 Å². The van der Waals surface area contributed by atoms with Crippen molar-refractivity contribution in [1.29, 1.82) is 0 Å². The maximum absolute atomic E-state index is 12.2. The molecule has 23 heavy (non-hydrogen) atoms. The van der Waals surface area contributed by atoms with Crippen LogP contribution in [-0.4, -0.2) is 35.6 Å². The summed E-state index contributed by atoms with van der Waals surface area (Å²) in [5.74, 6) is 0.868. The average Bonchev–Trinajstić information content (AvgIpc) is 3.18. The highest BCUT2D eigenvalue weighted by atomic mass is 32.1. The Morgan fingerprint density at radius 2 is 2.30 bits per heavy atom. The van der Waals surface area contributed by atoms with Crippen LogP contribution in [0.25, 0.3) is 6.08 Å². The Balaban J connectivity index is 1.54. The third-order valence-electron chi connectivity index (χ3n) is 3.81. The largest absolute Gasteiger partial charge is 0.488 e. The molecule has 120 valence electrons. The van der Waals surface area contributed by atoms with Gasteiger partial charge in [0.25, 0.3) is 0 Å². The van der Waals surface area contributed by atoms with Gasteiger partial charge in [-0.05, 0) is 34.7 Å². The van der Waals surface area contributed by atoms with Crippen LogP contribution >= 0.6 is 11.3 Å². The van der Waals surface area contributed by atoms with Crippen molar-refractivity contribution in [2.24, 2.45) is 0 Å². The van der Waals surface area contributed by atoms with Gasteiger partial charge in [-0.2, -0.15) is 0 Å². The van der Waals surface area contributed by atoms with E-state index in [0.717, 1.165) is 22.6 Å². The zero-order valence-electron chi connectivity index (χ0n) is 12.9. The van der Waals surface area contributed by atoms with Crippen molar-refractivity contribution < 1.29 is 14.6 Å². The summed E-state index contributed by atoms with van der Waals surface area (Å²) in [6, 6.07) is 9.87. The molecule has 1 unspecified atom stereocenters. The molecule has 1 aliphatic rings. The summed E-state index contributed by atoms with van der Waals surface area (Å²) in [7, 11) is 1.78. The number of hydrogen-bond acceptors (Lipinski definition) is 4. The fourth-order valence-corrected chi connectivity index (χ4v) is 3.39. The number of ether oxygens (including phenoxy) is 1. The molecule has 1 aliphatic heterocycles. The highest BCUT2D eigenvalue weighted by Gasteiger charge is 2.24. The quantitative estimate of drug-likeness (QED) is 0.858. The van der Waals surface area contributed by atoms with Crippen LogP contribution in [0.3, 0.4) is 0 Å². The first-order valence-corrected chi connectivity index (χ1v) is 8.39. The number of nitrogens with zero attached hydrogens (tertiary/aromatic N) is 1. The van der Waals surface area contributed by atoms with Crippen molar-refractivity contribution in [3.05, 3.63) is 57.8 Å². The molecule has 4 nitrogen and oxygen atoms in total. The average molecular weight is 329 g/mol. The van der Waals surface area contributed by atoms with E-state index in [1.807, 2.05) is 29.6 Å². The predicted molar refractivity (Wildman–Crippen MR) is 91.5 cm³/mol. The fraction of sp³-hybridized carbons (Fsp3) is 0.278. The van der Waals surface area contributed by atoms with E-state index in [9.17, 15) is 4.79 Å². The minimum Gasteiger partial charge on any atom is -0.488 e. The number of fused-ring (bicyclic) bond motifs is 1. The second-order valence-electron chi connectivity index (χ2n) is 5.62. The van der Waals surface area contributed by atoms with Gasteiger partial charge in [-0.3, -0.25) is 4.79 Å². The summed E-state index contributed by atoms with van der Waals surface area (Å²) < 4.78 is 5.86. The smallest absolute Gasteiger partial charge is 0.246 e. The number of likely N-dealkylation sites (N-methyl/N-ethyl adjacent to an activating group) is 1. The molecule has 2 aromatic rings. The first-order chi connectivity index (χ1) is 11.2.